The van der Waals surface area contributed by atoms with E-state index in [9.17, 15) is 0 Å². The minimum atomic E-state index is 0. The molecule has 39 valence electrons. The van der Waals surface area contributed by atoms with E-state index in [1.54, 1.807) is 0 Å². The van der Waals surface area contributed by atoms with Gasteiger partial charge in [-0.05, 0) is 12.5 Å². The van der Waals surface area contributed by atoms with Crippen LogP contribution in [0.25, 0.3) is 0 Å². The number of hydrogen-bond donors (Lipinski definition) is 0. The molecule has 0 aliphatic rings. The van der Waals surface area contributed by atoms with E-state index in [0.29, 0.717) is 0 Å². The molecule has 1 radical (unpaired) electrons. The number of rotatable bonds is 0. The third kappa shape index (κ3) is 5.65. The molecule has 0 saturated heterocycles. The number of hydrogen-bond acceptors (Lipinski definition) is 0. The van der Waals surface area contributed by atoms with Crippen LogP contribution in [0.3, 0.4) is 0 Å². The third-order valence-electron chi connectivity index (χ3n) is 0.843. The fraction of sp³-hybridized carbons (Fsp3) is 0. The maximum atomic E-state index is 3.72. The molecule has 1 aromatic carbocycles. The van der Waals surface area contributed by atoms with Crippen LogP contribution in [0.4, 0.5) is 0 Å². The first-order valence-electron chi connectivity index (χ1n) is 2.26. The van der Waals surface area contributed by atoms with Gasteiger partial charge in [-0.3, -0.25) is 0 Å². The second-order valence-corrected chi connectivity index (χ2v) is 1.49. The van der Waals surface area contributed by atoms with Crippen molar-refractivity contribution in [2.24, 2.45) is 0 Å². The fourth-order valence-corrected chi connectivity index (χ4v) is 0.478. The van der Waals surface area contributed by atoms with Crippen LogP contribution in [0.15, 0.2) is 30.3 Å². The van der Waals surface area contributed by atoms with Crippen LogP contribution < -0.4 is 0 Å². The quantitative estimate of drug-likeness (QED) is 0.461. The van der Waals surface area contributed by atoms with Gasteiger partial charge in [-0.1, -0.05) is 30.3 Å². The van der Waals surface area contributed by atoms with Gasteiger partial charge < -0.3 is 0 Å². The Morgan fingerprint density at radius 2 is 1.33 bits per heavy atom. The van der Waals surface area contributed by atoms with Crippen molar-refractivity contribution in [1.82, 2.24) is 0 Å². The molecule has 0 bridgehead atoms. The first-order chi connectivity index (χ1) is 3.39. The molecule has 0 nitrogen and oxygen atoms in total. The van der Waals surface area contributed by atoms with Crippen LogP contribution in [0.1, 0.15) is 5.56 Å². The standard InChI is InChI=1S/C7H7.2Na.2H/c1-7-5-3-2-4-6-7;;;;/h2-6H,1H2;;;;. The Morgan fingerprint density at radius 1 is 0.889 bits per heavy atom. The van der Waals surface area contributed by atoms with Crippen LogP contribution >= 0.6 is 0 Å². The zero-order valence-electron chi connectivity index (χ0n) is 4.09. The van der Waals surface area contributed by atoms with Gasteiger partial charge in [-0.25, -0.2) is 0 Å². The molecule has 0 heterocycles. The molecule has 0 saturated carbocycles. The predicted molar refractivity (Wildman–Crippen MR) is 45.2 cm³/mol. The van der Waals surface area contributed by atoms with Gasteiger partial charge in [0.15, 0.2) is 0 Å². The van der Waals surface area contributed by atoms with E-state index in [2.05, 4.69) is 6.92 Å². The van der Waals surface area contributed by atoms with E-state index < -0.39 is 0 Å². The summed E-state index contributed by atoms with van der Waals surface area (Å²) in [5.41, 5.74) is 1.07. The Hall–Kier alpha value is 1.22. The van der Waals surface area contributed by atoms with E-state index in [-0.39, 0.29) is 59.1 Å². The van der Waals surface area contributed by atoms with Crippen LogP contribution in [0.2, 0.25) is 0 Å². The van der Waals surface area contributed by atoms with Gasteiger partial charge in [0.05, 0.1) is 0 Å². The molecule has 0 spiro atoms. The summed E-state index contributed by atoms with van der Waals surface area (Å²) in [7, 11) is 0. The monoisotopic (exact) mass is 139 g/mol. The zero-order valence-corrected chi connectivity index (χ0v) is 4.09. The van der Waals surface area contributed by atoms with Crippen LogP contribution in [-0.4, -0.2) is 59.1 Å². The van der Waals surface area contributed by atoms with Crippen molar-refractivity contribution >= 4 is 59.1 Å². The Morgan fingerprint density at radius 3 is 1.56 bits per heavy atom. The van der Waals surface area contributed by atoms with Gasteiger partial charge in [0.1, 0.15) is 0 Å². The fourth-order valence-electron chi connectivity index (χ4n) is 0.478. The SMILES string of the molecule is [CH2]c1ccccc1.[NaH].[NaH]. The van der Waals surface area contributed by atoms with E-state index in [0.717, 1.165) is 5.56 Å². The van der Waals surface area contributed by atoms with Crippen molar-refractivity contribution in [3.8, 4) is 0 Å². The second-order valence-electron chi connectivity index (χ2n) is 1.49. The molecule has 0 fully saturated rings. The van der Waals surface area contributed by atoms with Gasteiger partial charge in [0, 0.05) is 0 Å². The topological polar surface area (TPSA) is 0 Å². The summed E-state index contributed by atoms with van der Waals surface area (Å²) in [5.74, 6) is 0. The van der Waals surface area contributed by atoms with Crippen LogP contribution in [0.5, 0.6) is 0 Å². The molecule has 0 atom stereocenters. The van der Waals surface area contributed by atoms with Gasteiger partial charge >= 0.3 is 59.1 Å². The number of benzene rings is 1. The Labute approximate surface area is 101 Å². The summed E-state index contributed by atoms with van der Waals surface area (Å²) in [6, 6.07) is 9.87. The second kappa shape index (κ2) is 7.33. The molecule has 1 rings (SSSR count). The molecular formula is C7H9Na2. The molecule has 0 N–H and O–H groups in total. The molecule has 0 aliphatic carbocycles. The van der Waals surface area contributed by atoms with E-state index in [1.165, 1.54) is 0 Å². The molecule has 0 aliphatic heterocycles. The molecule has 1 aromatic rings. The Balaban J connectivity index is 0. The van der Waals surface area contributed by atoms with E-state index in [1.807, 2.05) is 30.3 Å². The normalized spacial score (nSPS) is 6.78. The third-order valence-corrected chi connectivity index (χ3v) is 0.843. The van der Waals surface area contributed by atoms with Gasteiger partial charge in [-0.2, -0.15) is 0 Å². The van der Waals surface area contributed by atoms with Crippen molar-refractivity contribution < 1.29 is 0 Å². The molecule has 9 heavy (non-hydrogen) atoms. The minimum absolute atomic E-state index is 0. The van der Waals surface area contributed by atoms with Crippen molar-refractivity contribution in [1.29, 1.82) is 0 Å². The van der Waals surface area contributed by atoms with Crippen molar-refractivity contribution in [2.75, 3.05) is 0 Å². The molecule has 0 amide bonds. The van der Waals surface area contributed by atoms with Crippen molar-refractivity contribution in [2.45, 2.75) is 0 Å². The molecule has 0 aromatic heterocycles. The van der Waals surface area contributed by atoms with Gasteiger partial charge in [0.2, 0.25) is 0 Å². The summed E-state index contributed by atoms with van der Waals surface area (Å²) in [6.45, 7) is 3.72. The zero-order chi connectivity index (χ0) is 5.11. The van der Waals surface area contributed by atoms with E-state index in [4.69, 9.17) is 0 Å². The first kappa shape index (κ1) is 12.9. The molecule has 0 unspecified atom stereocenters. The Kier molecular flexibility index (Phi) is 10.5. The average Bonchev–Trinajstić information content (AvgIpc) is 1.69. The molecular weight excluding hydrogens is 130 g/mol. The summed E-state index contributed by atoms with van der Waals surface area (Å²) < 4.78 is 0. The Bertz CT molecular complexity index is 137. The average molecular weight is 139 g/mol. The van der Waals surface area contributed by atoms with Crippen molar-refractivity contribution in [3.63, 3.8) is 0 Å². The summed E-state index contributed by atoms with van der Waals surface area (Å²) in [5, 5.41) is 0. The summed E-state index contributed by atoms with van der Waals surface area (Å²) in [4.78, 5) is 0. The maximum absolute atomic E-state index is 3.72. The van der Waals surface area contributed by atoms with Gasteiger partial charge in [-0.15, -0.1) is 0 Å². The summed E-state index contributed by atoms with van der Waals surface area (Å²) in [6.07, 6.45) is 0. The predicted octanol–water partition coefficient (Wildman–Crippen LogP) is 0.572. The summed E-state index contributed by atoms with van der Waals surface area (Å²) >= 11 is 0. The molecule has 2 heteroatoms. The van der Waals surface area contributed by atoms with E-state index >= 15 is 0 Å². The van der Waals surface area contributed by atoms with Crippen LogP contribution in [-0.2, 0) is 0 Å². The van der Waals surface area contributed by atoms with Crippen LogP contribution in [0, 0.1) is 6.92 Å². The first-order valence-corrected chi connectivity index (χ1v) is 2.26. The van der Waals surface area contributed by atoms with Gasteiger partial charge in [0.25, 0.3) is 0 Å². The van der Waals surface area contributed by atoms with Crippen molar-refractivity contribution in [3.05, 3.63) is 42.8 Å².